The number of aliphatic hydroxyl groups is 2. The van der Waals surface area contributed by atoms with Crippen molar-refractivity contribution >= 4 is 11.9 Å². The highest BCUT2D eigenvalue weighted by Crippen LogP contribution is 2.10. The van der Waals surface area contributed by atoms with E-state index in [0.29, 0.717) is 11.1 Å². The average Bonchev–Trinajstić information content (AvgIpc) is 2.64. The maximum Gasteiger partial charge on any atom is 0.335 e. The van der Waals surface area contributed by atoms with Gasteiger partial charge in [0.25, 0.3) is 0 Å². The van der Waals surface area contributed by atoms with E-state index in [1.165, 1.54) is 0 Å². The monoisotopic (exact) mass is 348 g/mol. The van der Waals surface area contributed by atoms with Gasteiger partial charge in [-0.2, -0.15) is 0 Å². The lowest BCUT2D eigenvalue weighted by Crippen LogP contribution is -2.20. The summed E-state index contributed by atoms with van der Waals surface area (Å²) in [6.07, 6.45) is 0. The molecule has 0 aliphatic rings. The van der Waals surface area contributed by atoms with Gasteiger partial charge >= 0.3 is 11.9 Å². The average molecular weight is 348 g/mol. The fourth-order valence-electron chi connectivity index (χ4n) is 1.21. The lowest BCUT2D eigenvalue weighted by molar-refractivity contribution is 0.0686. The summed E-state index contributed by atoms with van der Waals surface area (Å²) in [6.45, 7) is 3.69. The summed E-state index contributed by atoms with van der Waals surface area (Å²) >= 11 is 0. The lowest BCUT2D eigenvalue weighted by Gasteiger charge is -2.16. The first-order valence-electron chi connectivity index (χ1n) is 7.52. The molecule has 6 nitrogen and oxygen atoms in total. The molecule has 0 amide bonds. The van der Waals surface area contributed by atoms with E-state index in [0.717, 1.165) is 0 Å². The Morgan fingerprint density at radius 1 is 0.720 bits per heavy atom. The molecule has 2 aromatic rings. The van der Waals surface area contributed by atoms with E-state index in [1.807, 2.05) is 0 Å². The summed E-state index contributed by atoms with van der Waals surface area (Å²) in [5.74, 6) is -1.76. The molecular formula is C19H24O6. The summed E-state index contributed by atoms with van der Waals surface area (Å²) < 4.78 is 0. The zero-order valence-corrected chi connectivity index (χ0v) is 14.3. The number of carboxylic acid groups (broad SMARTS) is 2. The molecule has 0 spiro atoms. The zero-order valence-electron chi connectivity index (χ0n) is 14.3. The van der Waals surface area contributed by atoms with E-state index in [-0.39, 0.29) is 18.6 Å². The van der Waals surface area contributed by atoms with Gasteiger partial charge in [-0.15, -0.1) is 0 Å². The van der Waals surface area contributed by atoms with Crippen molar-refractivity contribution in [2.24, 2.45) is 5.41 Å². The van der Waals surface area contributed by atoms with Crippen LogP contribution in [0.2, 0.25) is 0 Å². The van der Waals surface area contributed by atoms with Gasteiger partial charge in [-0.3, -0.25) is 0 Å². The third kappa shape index (κ3) is 10.6. The summed E-state index contributed by atoms with van der Waals surface area (Å²) in [4.78, 5) is 20.4. The smallest absolute Gasteiger partial charge is 0.335 e. The number of aromatic carboxylic acids is 2. The van der Waals surface area contributed by atoms with E-state index in [1.54, 1.807) is 74.5 Å². The van der Waals surface area contributed by atoms with Crippen molar-refractivity contribution in [2.45, 2.75) is 13.8 Å². The van der Waals surface area contributed by atoms with Crippen LogP contribution in [0.3, 0.4) is 0 Å². The number of hydrogen-bond acceptors (Lipinski definition) is 4. The molecule has 0 bridgehead atoms. The van der Waals surface area contributed by atoms with Gasteiger partial charge in [-0.1, -0.05) is 50.2 Å². The quantitative estimate of drug-likeness (QED) is 0.675. The maximum atomic E-state index is 10.2. The molecule has 0 aromatic heterocycles. The van der Waals surface area contributed by atoms with Gasteiger partial charge in [-0.25, -0.2) is 9.59 Å². The van der Waals surface area contributed by atoms with Gasteiger partial charge in [0.05, 0.1) is 24.3 Å². The predicted molar refractivity (Wildman–Crippen MR) is 94.8 cm³/mol. The topological polar surface area (TPSA) is 115 Å². The summed E-state index contributed by atoms with van der Waals surface area (Å²) in [5.41, 5.74) is 0.356. The highest BCUT2D eigenvalue weighted by Gasteiger charge is 2.13. The minimum atomic E-state index is -0.879. The van der Waals surface area contributed by atoms with Crippen LogP contribution in [0.4, 0.5) is 0 Å². The Kier molecular flexibility index (Phi) is 10.5. The summed E-state index contributed by atoms with van der Waals surface area (Å²) in [6, 6.07) is 16.6. The first-order chi connectivity index (χ1) is 11.7. The van der Waals surface area contributed by atoms with Crippen LogP contribution in [0.25, 0.3) is 0 Å². The second kappa shape index (κ2) is 11.8. The van der Waals surface area contributed by atoms with Gasteiger partial charge in [0.15, 0.2) is 0 Å². The van der Waals surface area contributed by atoms with Crippen LogP contribution in [-0.2, 0) is 0 Å². The van der Waals surface area contributed by atoms with E-state index in [2.05, 4.69) is 0 Å². The third-order valence-electron chi connectivity index (χ3n) is 2.90. The van der Waals surface area contributed by atoms with Crippen LogP contribution in [0.5, 0.6) is 0 Å². The maximum absolute atomic E-state index is 10.2. The molecule has 0 atom stereocenters. The van der Waals surface area contributed by atoms with Crippen LogP contribution in [0, 0.1) is 5.41 Å². The molecule has 0 fully saturated rings. The molecule has 0 radical (unpaired) electrons. The fourth-order valence-corrected chi connectivity index (χ4v) is 1.21. The number of carboxylic acids is 2. The van der Waals surface area contributed by atoms with Gasteiger partial charge in [0.1, 0.15) is 0 Å². The molecule has 2 aromatic carbocycles. The molecular weight excluding hydrogens is 324 g/mol. The van der Waals surface area contributed by atoms with E-state index in [9.17, 15) is 9.59 Å². The number of hydrogen-bond donors (Lipinski definition) is 4. The summed E-state index contributed by atoms with van der Waals surface area (Å²) in [7, 11) is 0. The lowest BCUT2D eigenvalue weighted by atomic mass is 9.97. The second-order valence-corrected chi connectivity index (χ2v) is 5.82. The Hall–Kier alpha value is -2.70. The Morgan fingerprint density at radius 3 is 1.12 bits per heavy atom. The van der Waals surface area contributed by atoms with Crippen molar-refractivity contribution in [1.82, 2.24) is 0 Å². The molecule has 2 rings (SSSR count). The minimum absolute atomic E-state index is 0.0451. The second-order valence-electron chi connectivity index (χ2n) is 5.82. The molecule has 25 heavy (non-hydrogen) atoms. The predicted octanol–water partition coefficient (Wildman–Crippen LogP) is 2.77. The molecule has 4 N–H and O–H groups in total. The first-order valence-corrected chi connectivity index (χ1v) is 7.52. The van der Waals surface area contributed by atoms with Crippen LogP contribution in [0.1, 0.15) is 34.6 Å². The summed E-state index contributed by atoms with van der Waals surface area (Å²) in [5, 5.41) is 33.6. The van der Waals surface area contributed by atoms with Crippen LogP contribution in [-0.4, -0.2) is 45.6 Å². The molecule has 0 saturated heterocycles. The van der Waals surface area contributed by atoms with Gasteiger partial charge in [0.2, 0.25) is 0 Å². The van der Waals surface area contributed by atoms with Crippen molar-refractivity contribution in [3.05, 3.63) is 71.8 Å². The first kappa shape index (κ1) is 22.3. The standard InChI is InChI=1S/2C7H6O2.C5H12O2/c2*8-7(9)6-4-2-1-3-5-6;1-5(2,3-6)4-7/h2*1-5H,(H,8,9);6-7H,3-4H2,1-2H3. The number of benzene rings is 2. The van der Waals surface area contributed by atoms with Crippen molar-refractivity contribution in [1.29, 1.82) is 0 Å². The minimum Gasteiger partial charge on any atom is -0.478 e. The van der Waals surface area contributed by atoms with Gasteiger partial charge in [0, 0.05) is 5.41 Å². The van der Waals surface area contributed by atoms with E-state index < -0.39 is 11.9 Å². The number of aliphatic hydroxyl groups excluding tert-OH is 2. The highest BCUT2D eigenvalue weighted by atomic mass is 16.4. The SMILES string of the molecule is CC(C)(CO)CO.O=C(O)c1ccccc1.O=C(O)c1ccccc1. The van der Waals surface area contributed by atoms with Gasteiger partial charge < -0.3 is 20.4 Å². The molecule has 0 unspecified atom stereocenters. The number of rotatable bonds is 4. The van der Waals surface area contributed by atoms with Crippen LogP contribution >= 0.6 is 0 Å². The fraction of sp³-hybridized carbons (Fsp3) is 0.263. The highest BCUT2D eigenvalue weighted by molar-refractivity contribution is 5.87. The Bertz CT molecular complexity index is 567. The molecule has 0 aliphatic heterocycles. The van der Waals surface area contributed by atoms with Crippen molar-refractivity contribution in [3.63, 3.8) is 0 Å². The number of carbonyl (C=O) groups is 2. The van der Waals surface area contributed by atoms with Crippen molar-refractivity contribution in [3.8, 4) is 0 Å². The molecule has 0 heterocycles. The Labute approximate surface area is 147 Å². The zero-order chi connectivity index (χ0) is 19.3. The van der Waals surface area contributed by atoms with Gasteiger partial charge in [-0.05, 0) is 24.3 Å². The largest absolute Gasteiger partial charge is 0.478 e. The van der Waals surface area contributed by atoms with E-state index >= 15 is 0 Å². The molecule has 136 valence electrons. The Morgan fingerprint density at radius 2 is 1.00 bits per heavy atom. The van der Waals surface area contributed by atoms with Crippen molar-refractivity contribution < 1.29 is 30.0 Å². The third-order valence-corrected chi connectivity index (χ3v) is 2.90. The van der Waals surface area contributed by atoms with Crippen LogP contribution in [0.15, 0.2) is 60.7 Å². The molecule has 0 saturated carbocycles. The van der Waals surface area contributed by atoms with Crippen LogP contribution < -0.4 is 0 Å². The molecule has 0 aliphatic carbocycles. The molecule has 6 heteroatoms. The Balaban J connectivity index is 0.000000350. The van der Waals surface area contributed by atoms with E-state index in [4.69, 9.17) is 20.4 Å². The normalized spacial score (nSPS) is 9.76. The van der Waals surface area contributed by atoms with Crippen molar-refractivity contribution in [2.75, 3.05) is 13.2 Å².